The van der Waals surface area contributed by atoms with E-state index in [1.54, 1.807) is 44.6 Å². The lowest BCUT2D eigenvalue weighted by Gasteiger charge is -2.46. The smallest absolute Gasteiger partial charge is 0.246 e. The molecule has 4 rings (SSSR count). The van der Waals surface area contributed by atoms with Crippen molar-refractivity contribution in [2.75, 3.05) is 53.6 Å². The highest BCUT2D eigenvalue weighted by Gasteiger charge is 2.35. The maximum absolute atomic E-state index is 12.9. The number of hydrogen-bond acceptors (Lipinski definition) is 7. The number of carbonyl (C=O) groups excluding carboxylic acids is 1. The number of aliphatic hydroxyl groups excluding tert-OH is 1. The van der Waals surface area contributed by atoms with Crippen LogP contribution in [0.2, 0.25) is 0 Å². The van der Waals surface area contributed by atoms with Gasteiger partial charge in [-0.2, -0.15) is 5.26 Å². The lowest BCUT2D eigenvalue weighted by atomic mass is 9.84. The number of β-amino-alcohol motifs (C(OH)–C–C–N with tert-alkyl or cyclic N) is 1. The van der Waals surface area contributed by atoms with Crippen LogP contribution in [0.25, 0.3) is 6.08 Å². The third-order valence-corrected chi connectivity index (χ3v) is 6.69. The Morgan fingerprint density at radius 2 is 1.78 bits per heavy atom. The average molecular weight is 492 g/mol. The fourth-order valence-corrected chi connectivity index (χ4v) is 5.12. The Balaban J connectivity index is 1.25. The van der Waals surface area contributed by atoms with Gasteiger partial charge in [-0.3, -0.25) is 9.69 Å². The highest BCUT2D eigenvalue weighted by molar-refractivity contribution is 5.92. The van der Waals surface area contributed by atoms with Crippen molar-refractivity contribution in [3.05, 3.63) is 59.7 Å². The van der Waals surface area contributed by atoms with E-state index in [1.807, 2.05) is 29.2 Å². The van der Waals surface area contributed by atoms with Crippen molar-refractivity contribution in [2.24, 2.45) is 11.8 Å². The summed E-state index contributed by atoms with van der Waals surface area (Å²) in [6, 6.07) is 14.5. The Morgan fingerprint density at radius 1 is 1.08 bits per heavy atom. The van der Waals surface area contributed by atoms with E-state index in [9.17, 15) is 9.90 Å². The molecule has 0 aliphatic carbocycles. The molecule has 2 aliphatic rings. The van der Waals surface area contributed by atoms with Gasteiger partial charge in [0.05, 0.1) is 25.9 Å². The molecule has 3 atom stereocenters. The summed E-state index contributed by atoms with van der Waals surface area (Å²) in [5, 5.41) is 19.4. The van der Waals surface area contributed by atoms with Crippen LogP contribution in [-0.2, 0) is 4.79 Å². The molecule has 2 aromatic carbocycles. The van der Waals surface area contributed by atoms with Crippen molar-refractivity contribution in [1.82, 2.24) is 9.80 Å². The molecule has 2 aromatic rings. The van der Waals surface area contributed by atoms with Gasteiger partial charge in [0.2, 0.25) is 5.91 Å². The number of likely N-dealkylation sites (tertiary alicyclic amines) is 2. The van der Waals surface area contributed by atoms with Gasteiger partial charge < -0.3 is 24.2 Å². The predicted molar refractivity (Wildman–Crippen MR) is 136 cm³/mol. The molecule has 2 saturated heterocycles. The second kappa shape index (κ2) is 11.9. The van der Waals surface area contributed by atoms with E-state index in [4.69, 9.17) is 19.5 Å². The summed E-state index contributed by atoms with van der Waals surface area (Å²) in [4.78, 5) is 17.1. The van der Waals surface area contributed by atoms with Crippen LogP contribution in [0.3, 0.4) is 0 Å². The van der Waals surface area contributed by atoms with Crippen LogP contribution in [0.15, 0.2) is 48.5 Å². The Hall–Kier alpha value is -3.54. The topological polar surface area (TPSA) is 95.3 Å². The molecule has 2 heterocycles. The van der Waals surface area contributed by atoms with Crippen LogP contribution in [0.4, 0.5) is 0 Å². The Labute approximate surface area is 212 Å². The molecule has 0 radical (unpaired) electrons. The average Bonchev–Trinajstić information content (AvgIpc) is 2.90. The zero-order valence-electron chi connectivity index (χ0n) is 20.8. The van der Waals surface area contributed by atoms with Gasteiger partial charge in [0.1, 0.15) is 18.5 Å². The van der Waals surface area contributed by atoms with E-state index in [1.165, 1.54) is 0 Å². The van der Waals surface area contributed by atoms with Gasteiger partial charge >= 0.3 is 0 Å². The number of ether oxygens (including phenoxy) is 3. The molecule has 36 heavy (non-hydrogen) atoms. The second-order valence-electron chi connectivity index (χ2n) is 9.48. The first-order chi connectivity index (χ1) is 17.5. The molecule has 0 saturated carbocycles. The van der Waals surface area contributed by atoms with E-state index in [-0.39, 0.29) is 12.5 Å². The van der Waals surface area contributed by atoms with Crippen LogP contribution in [0, 0.1) is 23.2 Å². The minimum Gasteiger partial charge on any atom is -0.493 e. The number of fused-ring (bicyclic) bond motifs is 2. The number of hydrogen-bond donors (Lipinski definition) is 1. The minimum atomic E-state index is -0.610. The number of rotatable bonds is 9. The van der Waals surface area contributed by atoms with Crippen molar-refractivity contribution in [3.8, 4) is 23.3 Å². The molecule has 2 fully saturated rings. The molecule has 3 unspecified atom stereocenters. The van der Waals surface area contributed by atoms with Crippen LogP contribution in [-0.4, -0.2) is 80.5 Å². The summed E-state index contributed by atoms with van der Waals surface area (Å²) in [5.41, 5.74) is 1.45. The zero-order valence-corrected chi connectivity index (χ0v) is 20.8. The van der Waals surface area contributed by atoms with Gasteiger partial charge in [-0.25, -0.2) is 0 Å². The van der Waals surface area contributed by atoms with Gasteiger partial charge in [-0.05, 0) is 66.3 Å². The largest absolute Gasteiger partial charge is 0.493 e. The number of methoxy groups -OCH3 is 2. The molecule has 1 N–H and O–H groups in total. The van der Waals surface area contributed by atoms with Crippen LogP contribution < -0.4 is 14.2 Å². The number of piperidine rings is 2. The maximum atomic E-state index is 12.9. The number of amides is 1. The molecule has 8 nitrogen and oxygen atoms in total. The number of benzene rings is 2. The van der Waals surface area contributed by atoms with E-state index in [0.29, 0.717) is 41.2 Å². The van der Waals surface area contributed by atoms with Gasteiger partial charge in [-0.15, -0.1) is 0 Å². The fourth-order valence-electron chi connectivity index (χ4n) is 5.12. The van der Waals surface area contributed by atoms with E-state index in [2.05, 4.69) is 11.0 Å². The van der Waals surface area contributed by atoms with Gasteiger partial charge in [0.25, 0.3) is 0 Å². The molecular weight excluding hydrogens is 458 g/mol. The molecule has 0 spiro atoms. The molecule has 2 aliphatic heterocycles. The third kappa shape index (κ3) is 6.56. The number of nitriles is 1. The molecular formula is C28H33N3O5. The van der Waals surface area contributed by atoms with Crippen molar-refractivity contribution in [1.29, 1.82) is 5.26 Å². The highest BCUT2D eigenvalue weighted by Crippen LogP contribution is 2.30. The van der Waals surface area contributed by atoms with Crippen LogP contribution in [0.5, 0.6) is 17.2 Å². The van der Waals surface area contributed by atoms with Gasteiger partial charge in [0.15, 0.2) is 11.5 Å². The molecule has 8 heteroatoms. The fraction of sp³-hybridized carbons (Fsp3) is 0.429. The summed E-state index contributed by atoms with van der Waals surface area (Å²) >= 11 is 0. The van der Waals surface area contributed by atoms with Crippen molar-refractivity contribution < 1.29 is 24.1 Å². The second-order valence-corrected chi connectivity index (χ2v) is 9.48. The van der Waals surface area contributed by atoms with Gasteiger partial charge in [0, 0.05) is 38.8 Å². The molecule has 1 amide bonds. The van der Waals surface area contributed by atoms with Crippen molar-refractivity contribution >= 4 is 12.0 Å². The number of aliphatic hydroxyl groups is 1. The molecule has 2 bridgehead atoms. The Kier molecular flexibility index (Phi) is 8.47. The van der Waals surface area contributed by atoms with Crippen molar-refractivity contribution in [3.63, 3.8) is 0 Å². The SMILES string of the molecule is COc1ccc(C=CC(=O)N2CC3CC(CN(CC(O)COc4ccc(C#N)cc4)C3)C2)cc1OC. The number of nitrogens with zero attached hydrogens (tertiary/aromatic N) is 3. The standard InChI is InChI=1S/C28H33N3O5/c1-34-26-9-5-20(12-27(26)35-2)6-10-28(33)31-16-22-11-23(17-31)15-30(14-22)18-24(32)19-36-25-7-3-21(13-29)4-8-25/h3-10,12,22-24,32H,11,14-19H2,1-2H3. The van der Waals surface area contributed by atoms with Crippen molar-refractivity contribution in [2.45, 2.75) is 12.5 Å². The van der Waals surface area contributed by atoms with Crippen LogP contribution >= 0.6 is 0 Å². The molecule has 190 valence electrons. The summed E-state index contributed by atoms with van der Waals surface area (Å²) in [7, 11) is 3.19. The predicted octanol–water partition coefficient (Wildman–Crippen LogP) is 2.81. The van der Waals surface area contributed by atoms with Crippen LogP contribution in [0.1, 0.15) is 17.5 Å². The summed E-state index contributed by atoms with van der Waals surface area (Å²) < 4.78 is 16.3. The van der Waals surface area contributed by atoms with E-state index < -0.39 is 6.10 Å². The highest BCUT2D eigenvalue weighted by atomic mass is 16.5. The van der Waals surface area contributed by atoms with E-state index in [0.717, 1.165) is 38.2 Å². The summed E-state index contributed by atoms with van der Waals surface area (Å²) in [5.74, 6) is 2.72. The number of carbonyl (C=O) groups is 1. The summed E-state index contributed by atoms with van der Waals surface area (Å²) in [6.45, 7) is 3.89. The third-order valence-electron chi connectivity index (χ3n) is 6.69. The monoisotopic (exact) mass is 491 g/mol. The maximum Gasteiger partial charge on any atom is 0.246 e. The lowest BCUT2D eigenvalue weighted by Crippen LogP contribution is -2.55. The van der Waals surface area contributed by atoms with Gasteiger partial charge in [-0.1, -0.05) is 6.07 Å². The quantitative estimate of drug-likeness (QED) is 0.539. The Bertz CT molecular complexity index is 1100. The normalized spacial score (nSPS) is 20.6. The molecule has 0 aromatic heterocycles. The first-order valence-corrected chi connectivity index (χ1v) is 12.2. The zero-order chi connectivity index (χ0) is 25.5. The minimum absolute atomic E-state index is 0.0174. The Morgan fingerprint density at radius 3 is 2.42 bits per heavy atom. The summed E-state index contributed by atoms with van der Waals surface area (Å²) in [6.07, 6.45) is 3.94. The lowest BCUT2D eigenvalue weighted by molar-refractivity contribution is -0.130. The van der Waals surface area contributed by atoms with E-state index >= 15 is 0 Å². The first kappa shape index (κ1) is 25.5. The first-order valence-electron chi connectivity index (χ1n) is 12.2.